The molecule has 0 spiro atoms. The molecule has 0 aliphatic rings. The molecule has 1 rings (SSSR count). The Morgan fingerprint density at radius 1 is 1.12 bits per heavy atom. The second-order valence-electron chi connectivity index (χ2n) is 4.63. The number of ether oxygens (including phenoxy) is 2. The van der Waals surface area contributed by atoms with Crippen LogP contribution < -0.4 is 15.2 Å². The van der Waals surface area contributed by atoms with Gasteiger partial charge in [-0.05, 0) is 38.8 Å². The molecule has 16 heavy (non-hydrogen) atoms. The highest BCUT2D eigenvalue weighted by molar-refractivity contribution is 5.44. The van der Waals surface area contributed by atoms with E-state index >= 15 is 0 Å². The standard InChI is InChI=1S/C13H21NO2/c1-13(2,14)9-8-10-11(15-3)6-5-7-12(10)16-4/h5-7H,8-9,14H2,1-4H3. The number of hydrogen-bond acceptors (Lipinski definition) is 3. The Balaban J connectivity index is 2.91. The molecule has 0 saturated heterocycles. The molecular weight excluding hydrogens is 202 g/mol. The van der Waals surface area contributed by atoms with Gasteiger partial charge in [0, 0.05) is 11.1 Å². The Labute approximate surface area is 97.6 Å². The topological polar surface area (TPSA) is 44.5 Å². The summed E-state index contributed by atoms with van der Waals surface area (Å²) in [5.74, 6) is 1.73. The fourth-order valence-electron chi connectivity index (χ4n) is 1.62. The molecule has 0 aromatic heterocycles. The van der Waals surface area contributed by atoms with E-state index in [9.17, 15) is 0 Å². The molecule has 0 amide bonds. The van der Waals surface area contributed by atoms with Gasteiger partial charge in [0.15, 0.2) is 0 Å². The summed E-state index contributed by atoms with van der Waals surface area (Å²) >= 11 is 0. The average Bonchev–Trinajstić information content (AvgIpc) is 2.24. The monoisotopic (exact) mass is 223 g/mol. The zero-order valence-corrected chi connectivity index (χ0v) is 10.5. The Hall–Kier alpha value is -1.22. The van der Waals surface area contributed by atoms with E-state index in [0.29, 0.717) is 0 Å². The van der Waals surface area contributed by atoms with Crippen LogP contribution >= 0.6 is 0 Å². The third-order valence-electron chi connectivity index (χ3n) is 2.55. The lowest BCUT2D eigenvalue weighted by molar-refractivity contribution is 0.379. The van der Waals surface area contributed by atoms with Crippen molar-refractivity contribution in [1.82, 2.24) is 0 Å². The normalized spacial score (nSPS) is 11.3. The zero-order chi connectivity index (χ0) is 12.2. The largest absolute Gasteiger partial charge is 0.496 e. The van der Waals surface area contributed by atoms with E-state index < -0.39 is 0 Å². The van der Waals surface area contributed by atoms with E-state index in [4.69, 9.17) is 15.2 Å². The molecule has 0 fully saturated rings. The summed E-state index contributed by atoms with van der Waals surface area (Å²) in [6.45, 7) is 4.05. The summed E-state index contributed by atoms with van der Waals surface area (Å²) < 4.78 is 10.7. The quantitative estimate of drug-likeness (QED) is 0.833. The van der Waals surface area contributed by atoms with Gasteiger partial charge < -0.3 is 15.2 Å². The molecule has 0 radical (unpaired) electrons. The van der Waals surface area contributed by atoms with Crippen molar-refractivity contribution in [2.24, 2.45) is 5.73 Å². The molecule has 2 N–H and O–H groups in total. The van der Waals surface area contributed by atoms with Crippen LogP contribution in [0.4, 0.5) is 0 Å². The second kappa shape index (κ2) is 5.21. The summed E-state index contributed by atoms with van der Waals surface area (Å²) in [5, 5.41) is 0. The van der Waals surface area contributed by atoms with Crippen LogP contribution in [0.1, 0.15) is 25.8 Å². The van der Waals surface area contributed by atoms with Gasteiger partial charge in [0.1, 0.15) is 11.5 Å². The van der Waals surface area contributed by atoms with Crippen molar-refractivity contribution in [1.29, 1.82) is 0 Å². The first-order valence-corrected chi connectivity index (χ1v) is 5.46. The summed E-state index contributed by atoms with van der Waals surface area (Å²) in [7, 11) is 3.34. The zero-order valence-electron chi connectivity index (χ0n) is 10.5. The van der Waals surface area contributed by atoms with Crippen LogP contribution in [0.25, 0.3) is 0 Å². The Morgan fingerprint density at radius 2 is 1.62 bits per heavy atom. The van der Waals surface area contributed by atoms with Crippen LogP contribution in [0.5, 0.6) is 11.5 Å². The highest BCUT2D eigenvalue weighted by Gasteiger charge is 2.15. The minimum atomic E-state index is -0.175. The van der Waals surface area contributed by atoms with Gasteiger partial charge in [0.2, 0.25) is 0 Å². The maximum atomic E-state index is 5.98. The minimum absolute atomic E-state index is 0.175. The number of benzene rings is 1. The maximum Gasteiger partial charge on any atom is 0.125 e. The van der Waals surface area contributed by atoms with Gasteiger partial charge in [0.25, 0.3) is 0 Å². The SMILES string of the molecule is COc1cccc(OC)c1CCC(C)(C)N. The lowest BCUT2D eigenvalue weighted by Gasteiger charge is -2.20. The smallest absolute Gasteiger partial charge is 0.125 e. The molecule has 3 nitrogen and oxygen atoms in total. The number of hydrogen-bond donors (Lipinski definition) is 1. The van der Waals surface area contributed by atoms with E-state index in [1.54, 1.807) is 14.2 Å². The van der Waals surface area contributed by atoms with E-state index in [-0.39, 0.29) is 5.54 Å². The van der Waals surface area contributed by atoms with Crippen LogP contribution in [0.15, 0.2) is 18.2 Å². The van der Waals surface area contributed by atoms with Gasteiger partial charge in [-0.1, -0.05) is 6.07 Å². The summed E-state index contributed by atoms with van der Waals surface area (Å²) in [4.78, 5) is 0. The highest BCUT2D eigenvalue weighted by Crippen LogP contribution is 2.30. The van der Waals surface area contributed by atoms with E-state index in [1.807, 2.05) is 32.0 Å². The molecule has 0 aliphatic heterocycles. The van der Waals surface area contributed by atoms with Crippen LogP contribution in [0.2, 0.25) is 0 Å². The van der Waals surface area contributed by atoms with Crippen molar-refractivity contribution in [3.05, 3.63) is 23.8 Å². The van der Waals surface area contributed by atoms with Gasteiger partial charge in [-0.25, -0.2) is 0 Å². The molecule has 3 heteroatoms. The predicted molar refractivity (Wildman–Crippen MR) is 66.1 cm³/mol. The van der Waals surface area contributed by atoms with Gasteiger partial charge in [-0.15, -0.1) is 0 Å². The first-order valence-electron chi connectivity index (χ1n) is 5.46. The van der Waals surface area contributed by atoms with Crippen LogP contribution in [0.3, 0.4) is 0 Å². The van der Waals surface area contributed by atoms with Gasteiger partial charge in [-0.3, -0.25) is 0 Å². The Bertz CT molecular complexity index is 320. The predicted octanol–water partition coefficient (Wildman–Crippen LogP) is 2.37. The lowest BCUT2D eigenvalue weighted by atomic mass is 9.95. The van der Waals surface area contributed by atoms with Crippen LogP contribution in [0, 0.1) is 0 Å². The van der Waals surface area contributed by atoms with E-state index in [0.717, 1.165) is 29.9 Å². The number of methoxy groups -OCH3 is 2. The molecule has 0 aliphatic carbocycles. The fraction of sp³-hybridized carbons (Fsp3) is 0.538. The molecule has 1 aromatic rings. The van der Waals surface area contributed by atoms with Crippen LogP contribution in [-0.2, 0) is 6.42 Å². The Morgan fingerprint density at radius 3 is 2.00 bits per heavy atom. The average molecular weight is 223 g/mol. The molecule has 90 valence electrons. The first kappa shape index (κ1) is 12.8. The molecule has 0 unspecified atom stereocenters. The first-order chi connectivity index (χ1) is 7.48. The van der Waals surface area contributed by atoms with Crippen molar-refractivity contribution in [3.63, 3.8) is 0 Å². The minimum Gasteiger partial charge on any atom is -0.496 e. The fourth-order valence-corrected chi connectivity index (χ4v) is 1.62. The molecule has 0 bridgehead atoms. The Kier molecular flexibility index (Phi) is 4.19. The molecule has 1 aromatic carbocycles. The van der Waals surface area contributed by atoms with E-state index in [1.165, 1.54) is 0 Å². The van der Waals surface area contributed by atoms with Gasteiger partial charge >= 0.3 is 0 Å². The highest BCUT2D eigenvalue weighted by atomic mass is 16.5. The second-order valence-corrected chi connectivity index (χ2v) is 4.63. The van der Waals surface area contributed by atoms with E-state index in [2.05, 4.69) is 0 Å². The third-order valence-corrected chi connectivity index (χ3v) is 2.55. The van der Waals surface area contributed by atoms with Crippen LogP contribution in [-0.4, -0.2) is 19.8 Å². The molecular formula is C13H21NO2. The summed E-state index contributed by atoms with van der Waals surface area (Å²) in [6, 6.07) is 5.82. The van der Waals surface area contributed by atoms with Gasteiger partial charge in [-0.2, -0.15) is 0 Å². The number of rotatable bonds is 5. The molecule has 0 saturated carbocycles. The maximum absolute atomic E-state index is 5.98. The summed E-state index contributed by atoms with van der Waals surface area (Å²) in [5.41, 5.74) is 6.90. The van der Waals surface area contributed by atoms with Crippen molar-refractivity contribution in [2.75, 3.05) is 14.2 Å². The lowest BCUT2D eigenvalue weighted by Crippen LogP contribution is -2.32. The summed E-state index contributed by atoms with van der Waals surface area (Å²) in [6.07, 6.45) is 1.75. The van der Waals surface area contributed by atoms with Gasteiger partial charge in [0.05, 0.1) is 14.2 Å². The van der Waals surface area contributed by atoms with Crippen molar-refractivity contribution >= 4 is 0 Å². The molecule has 0 heterocycles. The van der Waals surface area contributed by atoms with Crippen molar-refractivity contribution < 1.29 is 9.47 Å². The molecule has 0 atom stereocenters. The van der Waals surface area contributed by atoms with Crippen molar-refractivity contribution in [2.45, 2.75) is 32.2 Å². The van der Waals surface area contributed by atoms with Crippen molar-refractivity contribution in [3.8, 4) is 11.5 Å². The third kappa shape index (κ3) is 3.42. The number of nitrogens with two attached hydrogens (primary N) is 1.